The summed E-state index contributed by atoms with van der Waals surface area (Å²) in [6.07, 6.45) is 2.91. The van der Waals surface area contributed by atoms with Crippen molar-refractivity contribution in [3.63, 3.8) is 0 Å². The Hall–Kier alpha value is -2.02. The summed E-state index contributed by atoms with van der Waals surface area (Å²) in [5, 5.41) is 5.71. The summed E-state index contributed by atoms with van der Waals surface area (Å²) in [5.41, 5.74) is 0.911. The van der Waals surface area contributed by atoms with Crippen molar-refractivity contribution in [1.82, 2.24) is 20.3 Å². The van der Waals surface area contributed by atoms with Crippen LogP contribution in [-0.2, 0) is 6.42 Å². The number of nitrogens with one attached hydrogen (secondary N) is 2. The van der Waals surface area contributed by atoms with Gasteiger partial charge in [-0.05, 0) is 26.2 Å². The second-order valence-corrected chi connectivity index (χ2v) is 6.41. The van der Waals surface area contributed by atoms with E-state index in [1.807, 2.05) is 19.2 Å². The van der Waals surface area contributed by atoms with Gasteiger partial charge in [0.1, 0.15) is 16.5 Å². The van der Waals surface area contributed by atoms with Crippen molar-refractivity contribution in [1.29, 1.82) is 0 Å². The van der Waals surface area contributed by atoms with E-state index in [1.54, 1.807) is 0 Å². The largest absolute Gasteiger partial charge is 0.342 e. The zero-order chi connectivity index (χ0) is 15.7. The van der Waals surface area contributed by atoms with Crippen LogP contribution >= 0.6 is 11.3 Å². The molecule has 1 aliphatic carbocycles. The molecule has 2 aromatic heterocycles. The van der Waals surface area contributed by atoms with E-state index in [0.717, 1.165) is 30.0 Å². The van der Waals surface area contributed by atoms with Gasteiger partial charge in [-0.2, -0.15) is 0 Å². The molecule has 1 fully saturated rings. The maximum atomic E-state index is 12.3. The Labute approximate surface area is 132 Å². The number of aromatic nitrogens is 3. The number of H-pyrrole nitrogens is 1. The number of nitrogens with zero attached hydrogens (tertiary/aromatic N) is 2. The average molecular weight is 318 g/mol. The number of thiazole rings is 1. The highest BCUT2D eigenvalue weighted by Gasteiger charge is 2.27. The van der Waals surface area contributed by atoms with Gasteiger partial charge >= 0.3 is 0 Å². The molecular weight excluding hydrogens is 300 g/mol. The highest BCUT2D eigenvalue weighted by molar-refractivity contribution is 7.09. The van der Waals surface area contributed by atoms with Gasteiger partial charge in [0.15, 0.2) is 0 Å². The van der Waals surface area contributed by atoms with E-state index < -0.39 is 0 Å². The lowest BCUT2D eigenvalue weighted by Crippen LogP contribution is -2.29. The first kappa shape index (κ1) is 14.9. The molecule has 0 aliphatic heterocycles. The van der Waals surface area contributed by atoms with Gasteiger partial charge in [0.05, 0.1) is 11.7 Å². The number of hydrogen-bond acceptors (Lipinski definition) is 5. The monoisotopic (exact) mass is 318 g/mol. The molecule has 2 aromatic rings. The van der Waals surface area contributed by atoms with Gasteiger partial charge in [0, 0.05) is 17.4 Å². The number of hydrogen-bond donors (Lipinski definition) is 2. The molecule has 6 nitrogen and oxygen atoms in total. The zero-order valence-corrected chi connectivity index (χ0v) is 13.4. The Balaban J connectivity index is 1.74. The molecule has 2 N–H and O–H groups in total. The first-order valence-corrected chi connectivity index (χ1v) is 8.31. The summed E-state index contributed by atoms with van der Waals surface area (Å²) < 4.78 is 0. The molecule has 7 heteroatoms. The Bertz CT molecular complexity index is 748. The molecule has 3 rings (SSSR count). The molecule has 0 bridgehead atoms. The van der Waals surface area contributed by atoms with E-state index in [2.05, 4.69) is 20.3 Å². The number of amides is 1. The standard InChI is InChI=1S/C15H18N4O2S/c1-3-10-7-22-15(17-10)8(2)16-14(21)11-6-12(20)19-13(18-11)9-4-5-9/h6-9H,3-5H2,1-2H3,(H,16,21)(H,18,19,20). The number of carbonyl (C=O) groups is 1. The minimum atomic E-state index is -0.339. The molecule has 22 heavy (non-hydrogen) atoms. The SMILES string of the molecule is CCc1csc(C(C)NC(=O)c2cc(=O)[nH]c(C3CC3)n2)n1. The van der Waals surface area contributed by atoms with Crippen molar-refractivity contribution in [2.45, 2.75) is 45.1 Å². The highest BCUT2D eigenvalue weighted by Crippen LogP contribution is 2.37. The third kappa shape index (κ3) is 3.24. The van der Waals surface area contributed by atoms with Crippen LogP contribution < -0.4 is 10.9 Å². The van der Waals surface area contributed by atoms with Crippen molar-refractivity contribution in [3.8, 4) is 0 Å². The van der Waals surface area contributed by atoms with Crippen molar-refractivity contribution in [2.24, 2.45) is 0 Å². The predicted octanol–water partition coefficient (Wildman–Crippen LogP) is 2.16. The maximum absolute atomic E-state index is 12.3. The topological polar surface area (TPSA) is 87.7 Å². The molecule has 1 amide bonds. The van der Waals surface area contributed by atoms with E-state index in [9.17, 15) is 9.59 Å². The second-order valence-electron chi connectivity index (χ2n) is 5.52. The van der Waals surface area contributed by atoms with Gasteiger partial charge in [0.2, 0.25) is 0 Å². The number of aromatic amines is 1. The van der Waals surface area contributed by atoms with Gasteiger partial charge in [-0.15, -0.1) is 11.3 Å². The lowest BCUT2D eigenvalue weighted by Gasteiger charge is -2.11. The molecule has 0 saturated heterocycles. The van der Waals surface area contributed by atoms with Crippen molar-refractivity contribution in [2.75, 3.05) is 0 Å². The van der Waals surface area contributed by atoms with Gasteiger partial charge in [-0.25, -0.2) is 9.97 Å². The van der Waals surface area contributed by atoms with Gasteiger partial charge in [0.25, 0.3) is 11.5 Å². The molecule has 0 radical (unpaired) electrons. The highest BCUT2D eigenvalue weighted by atomic mass is 32.1. The van der Waals surface area contributed by atoms with Crippen LogP contribution in [0.2, 0.25) is 0 Å². The fourth-order valence-corrected chi connectivity index (χ4v) is 3.07. The predicted molar refractivity (Wildman–Crippen MR) is 84.2 cm³/mol. The number of rotatable bonds is 5. The third-order valence-electron chi connectivity index (χ3n) is 3.61. The molecule has 1 aliphatic rings. The first-order chi connectivity index (χ1) is 10.6. The lowest BCUT2D eigenvalue weighted by molar-refractivity contribution is 0.0934. The normalized spacial score (nSPS) is 15.5. The molecule has 1 atom stereocenters. The number of aryl methyl sites for hydroxylation is 1. The molecule has 0 aromatic carbocycles. The van der Waals surface area contributed by atoms with E-state index in [-0.39, 0.29) is 23.2 Å². The second kappa shape index (κ2) is 6.00. The summed E-state index contributed by atoms with van der Waals surface area (Å²) in [6, 6.07) is 1.04. The third-order valence-corrected chi connectivity index (χ3v) is 4.68. The van der Waals surface area contributed by atoms with E-state index in [1.165, 1.54) is 17.4 Å². The van der Waals surface area contributed by atoms with Gasteiger partial charge in [-0.1, -0.05) is 6.92 Å². The molecule has 0 spiro atoms. The summed E-state index contributed by atoms with van der Waals surface area (Å²) in [4.78, 5) is 35.4. The smallest absolute Gasteiger partial charge is 0.270 e. The quantitative estimate of drug-likeness (QED) is 0.884. The molecule has 1 saturated carbocycles. The minimum absolute atomic E-state index is 0.171. The van der Waals surface area contributed by atoms with Gasteiger partial charge in [-0.3, -0.25) is 9.59 Å². The summed E-state index contributed by atoms with van der Waals surface area (Å²) in [5.74, 6) is 0.575. The zero-order valence-electron chi connectivity index (χ0n) is 12.5. The van der Waals surface area contributed by atoms with E-state index in [0.29, 0.717) is 11.7 Å². The van der Waals surface area contributed by atoms with Crippen LogP contribution in [0.3, 0.4) is 0 Å². The summed E-state index contributed by atoms with van der Waals surface area (Å²) >= 11 is 1.53. The van der Waals surface area contributed by atoms with Crippen LogP contribution in [0.15, 0.2) is 16.2 Å². The van der Waals surface area contributed by atoms with Crippen LogP contribution in [-0.4, -0.2) is 20.9 Å². The molecule has 1 unspecified atom stereocenters. The molecule has 116 valence electrons. The van der Waals surface area contributed by atoms with Crippen LogP contribution in [0.5, 0.6) is 0 Å². The molecule has 2 heterocycles. The summed E-state index contributed by atoms with van der Waals surface area (Å²) in [7, 11) is 0. The Morgan fingerprint density at radius 2 is 2.27 bits per heavy atom. The van der Waals surface area contributed by atoms with E-state index >= 15 is 0 Å². The maximum Gasteiger partial charge on any atom is 0.270 e. The lowest BCUT2D eigenvalue weighted by atomic mass is 10.3. The summed E-state index contributed by atoms with van der Waals surface area (Å²) in [6.45, 7) is 3.92. The minimum Gasteiger partial charge on any atom is -0.342 e. The van der Waals surface area contributed by atoms with Crippen molar-refractivity contribution < 1.29 is 4.79 Å². The van der Waals surface area contributed by atoms with E-state index in [4.69, 9.17) is 0 Å². The Morgan fingerprint density at radius 1 is 1.50 bits per heavy atom. The van der Waals surface area contributed by atoms with Crippen LogP contribution in [0, 0.1) is 0 Å². The number of carbonyl (C=O) groups excluding carboxylic acids is 1. The fourth-order valence-electron chi connectivity index (χ4n) is 2.16. The first-order valence-electron chi connectivity index (χ1n) is 7.43. The Morgan fingerprint density at radius 3 is 2.91 bits per heavy atom. The fraction of sp³-hybridized carbons (Fsp3) is 0.467. The average Bonchev–Trinajstić information content (AvgIpc) is 3.23. The van der Waals surface area contributed by atoms with Gasteiger partial charge < -0.3 is 10.3 Å². The molecular formula is C15H18N4O2S. The van der Waals surface area contributed by atoms with Crippen LogP contribution in [0.4, 0.5) is 0 Å². The van der Waals surface area contributed by atoms with Crippen LogP contribution in [0.25, 0.3) is 0 Å². The Kier molecular flexibility index (Phi) is 4.06. The van der Waals surface area contributed by atoms with Crippen molar-refractivity contribution >= 4 is 17.2 Å². The van der Waals surface area contributed by atoms with Crippen LogP contribution in [0.1, 0.15) is 65.7 Å². The van der Waals surface area contributed by atoms with Crippen molar-refractivity contribution in [3.05, 3.63) is 44.0 Å².